The molecule has 0 fully saturated rings. The molecule has 4 atom stereocenters. The lowest BCUT2D eigenvalue weighted by Crippen LogP contribution is -2.56. The van der Waals surface area contributed by atoms with E-state index in [9.17, 15) is 29.1 Å². The fourth-order valence-electron chi connectivity index (χ4n) is 2.23. The molecule has 10 N–H and O–H groups in total. The van der Waals surface area contributed by atoms with Gasteiger partial charge in [0, 0.05) is 0 Å². The van der Waals surface area contributed by atoms with E-state index < -0.39 is 66.9 Å². The molecule has 13 heteroatoms. The summed E-state index contributed by atoms with van der Waals surface area (Å²) in [6, 6.07) is -4.03. The second-order valence-corrected chi connectivity index (χ2v) is 6.39. The Morgan fingerprint density at radius 3 is 2.10 bits per heavy atom. The fourth-order valence-corrected chi connectivity index (χ4v) is 2.23. The van der Waals surface area contributed by atoms with Gasteiger partial charge in [-0.05, 0) is 32.7 Å². The van der Waals surface area contributed by atoms with Gasteiger partial charge in [-0.2, -0.15) is 0 Å². The zero-order valence-corrected chi connectivity index (χ0v) is 16.1. The van der Waals surface area contributed by atoms with Crippen LogP contribution in [0, 0.1) is 0 Å². The van der Waals surface area contributed by atoms with Gasteiger partial charge in [0.2, 0.25) is 17.7 Å². The smallest absolute Gasteiger partial charge is 0.328 e. The molecule has 0 rings (SSSR count). The van der Waals surface area contributed by atoms with Crippen molar-refractivity contribution in [3.05, 3.63) is 0 Å². The van der Waals surface area contributed by atoms with Crippen molar-refractivity contribution in [3.8, 4) is 0 Å². The highest BCUT2D eigenvalue weighted by molar-refractivity contribution is 5.93. The lowest BCUT2D eigenvalue weighted by atomic mass is 10.1. The first-order valence-corrected chi connectivity index (χ1v) is 8.95. The predicted molar refractivity (Wildman–Crippen MR) is 99.3 cm³/mol. The summed E-state index contributed by atoms with van der Waals surface area (Å²) in [7, 11) is 0. The zero-order chi connectivity index (χ0) is 22.6. The van der Waals surface area contributed by atoms with E-state index in [0.717, 1.165) is 0 Å². The van der Waals surface area contributed by atoms with Gasteiger partial charge in [-0.3, -0.25) is 19.2 Å². The maximum absolute atomic E-state index is 12.4. The number of carbonyl (C=O) groups excluding carboxylic acids is 3. The Morgan fingerprint density at radius 1 is 1.00 bits per heavy atom. The van der Waals surface area contributed by atoms with Crippen LogP contribution >= 0.6 is 0 Å². The molecular formula is C16H29N5O8. The molecule has 0 saturated heterocycles. The first kappa shape index (κ1) is 26.2. The Balaban J connectivity index is 4.88. The normalized spacial score (nSPS) is 14.8. The number of carboxylic acids is 2. The lowest BCUT2D eigenvalue weighted by Gasteiger charge is -2.23. The van der Waals surface area contributed by atoms with Crippen molar-refractivity contribution in [1.82, 2.24) is 16.0 Å². The van der Waals surface area contributed by atoms with Crippen LogP contribution in [0.1, 0.15) is 32.6 Å². The zero-order valence-electron chi connectivity index (χ0n) is 16.1. The molecule has 13 nitrogen and oxygen atoms in total. The van der Waals surface area contributed by atoms with E-state index in [1.807, 2.05) is 0 Å². The molecule has 0 spiro atoms. The van der Waals surface area contributed by atoms with Crippen LogP contribution in [0.5, 0.6) is 0 Å². The molecule has 29 heavy (non-hydrogen) atoms. The van der Waals surface area contributed by atoms with Crippen molar-refractivity contribution in [1.29, 1.82) is 0 Å². The topological polar surface area (TPSA) is 234 Å². The number of aliphatic carboxylic acids is 2. The Kier molecular flexibility index (Phi) is 12.1. The van der Waals surface area contributed by atoms with Crippen molar-refractivity contribution < 1.29 is 39.3 Å². The molecule has 0 aromatic carbocycles. The number of aliphatic hydroxyl groups is 1. The molecule has 0 aliphatic carbocycles. The van der Waals surface area contributed by atoms with Crippen LogP contribution in [0.25, 0.3) is 0 Å². The molecule has 0 heterocycles. The maximum Gasteiger partial charge on any atom is 0.328 e. The number of carboxylic acid groups (broad SMARTS) is 2. The number of aliphatic hydroxyl groups excluding tert-OH is 1. The Hall–Kier alpha value is -2.77. The van der Waals surface area contributed by atoms with Crippen LogP contribution in [-0.4, -0.2) is 82.3 Å². The summed E-state index contributed by atoms with van der Waals surface area (Å²) in [5.74, 6) is -5.16. The van der Waals surface area contributed by atoms with Crippen molar-refractivity contribution >= 4 is 29.7 Å². The van der Waals surface area contributed by atoms with Crippen LogP contribution in [-0.2, 0) is 24.0 Å². The van der Waals surface area contributed by atoms with Gasteiger partial charge in [0.05, 0.1) is 25.1 Å². The summed E-state index contributed by atoms with van der Waals surface area (Å²) in [6.07, 6.45) is -0.830. The average molecular weight is 419 g/mol. The van der Waals surface area contributed by atoms with Gasteiger partial charge >= 0.3 is 11.9 Å². The second kappa shape index (κ2) is 13.4. The summed E-state index contributed by atoms with van der Waals surface area (Å²) in [4.78, 5) is 57.7. The highest BCUT2D eigenvalue weighted by Crippen LogP contribution is 2.03. The molecule has 0 aromatic heterocycles. The number of carbonyl (C=O) groups is 5. The molecule has 0 aliphatic heterocycles. The van der Waals surface area contributed by atoms with E-state index in [2.05, 4.69) is 16.0 Å². The summed E-state index contributed by atoms with van der Waals surface area (Å²) in [6.45, 7) is 0.980. The van der Waals surface area contributed by atoms with Gasteiger partial charge in [0.15, 0.2) is 6.04 Å². The van der Waals surface area contributed by atoms with Crippen molar-refractivity contribution in [2.24, 2.45) is 11.5 Å². The minimum atomic E-state index is -1.56. The van der Waals surface area contributed by atoms with E-state index in [-0.39, 0.29) is 6.42 Å². The number of nitrogens with two attached hydrogens (primary N) is 2. The van der Waals surface area contributed by atoms with E-state index in [0.29, 0.717) is 19.4 Å². The third-order valence-electron chi connectivity index (χ3n) is 3.80. The number of rotatable bonds is 14. The van der Waals surface area contributed by atoms with E-state index in [1.165, 1.54) is 6.92 Å². The number of hydrogen-bond donors (Lipinski definition) is 8. The van der Waals surface area contributed by atoms with Crippen LogP contribution in [0.3, 0.4) is 0 Å². The van der Waals surface area contributed by atoms with Crippen molar-refractivity contribution in [3.63, 3.8) is 0 Å². The Bertz CT molecular complexity index is 598. The Morgan fingerprint density at radius 2 is 1.62 bits per heavy atom. The standard InChI is InChI=1S/C16H29N5O8/c1-8(22)13(16(28)29)21-15(27)10(4-2-3-5-17)20-11(23)7-19-14(26)9(18)6-12(24)25/h8-10,13,22H,2-7,17-18H2,1H3,(H,19,26)(H,20,23)(H,21,27)(H,24,25)(H,28,29). The van der Waals surface area contributed by atoms with Crippen molar-refractivity contribution in [2.45, 2.75) is 56.8 Å². The highest BCUT2D eigenvalue weighted by atomic mass is 16.4. The van der Waals surface area contributed by atoms with Crippen LogP contribution in [0.4, 0.5) is 0 Å². The number of unbranched alkanes of at least 4 members (excludes halogenated alkanes) is 1. The largest absolute Gasteiger partial charge is 0.481 e. The summed E-state index contributed by atoms with van der Waals surface area (Å²) < 4.78 is 0. The first-order chi connectivity index (χ1) is 13.5. The molecule has 0 aromatic rings. The molecule has 0 aliphatic rings. The van der Waals surface area contributed by atoms with Crippen LogP contribution < -0.4 is 27.4 Å². The first-order valence-electron chi connectivity index (χ1n) is 8.95. The minimum absolute atomic E-state index is 0.146. The molecule has 0 radical (unpaired) electrons. The second-order valence-electron chi connectivity index (χ2n) is 6.39. The lowest BCUT2D eigenvalue weighted by molar-refractivity contribution is -0.145. The number of amides is 3. The van der Waals surface area contributed by atoms with Crippen molar-refractivity contribution in [2.75, 3.05) is 13.1 Å². The van der Waals surface area contributed by atoms with Gasteiger partial charge in [0.25, 0.3) is 0 Å². The minimum Gasteiger partial charge on any atom is -0.481 e. The number of hydrogen-bond acceptors (Lipinski definition) is 8. The van der Waals surface area contributed by atoms with E-state index in [4.69, 9.17) is 21.7 Å². The quantitative estimate of drug-likeness (QED) is 0.129. The van der Waals surface area contributed by atoms with Gasteiger partial charge in [-0.1, -0.05) is 0 Å². The van der Waals surface area contributed by atoms with Gasteiger partial charge in [-0.25, -0.2) is 4.79 Å². The average Bonchev–Trinajstić information content (AvgIpc) is 2.61. The van der Waals surface area contributed by atoms with E-state index >= 15 is 0 Å². The molecule has 166 valence electrons. The summed E-state index contributed by atoms with van der Waals surface area (Å²) in [5.41, 5.74) is 10.8. The van der Waals surface area contributed by atoms with Gasteiger partial charge < -0.3 is 42.7 Å². The third-order valence-corrected chi connectivity index (χ3v) is 3.80. The van der Waals surface area contributed by atoms with E-state index in [1.54, 1.807) is 0 Å². The van der Waals surface area contributed by atoms with Crippen LogP contribution in [0.2, 0.25) is 0 Å². The monoisotopic (exact) mass is 419 g/mol. The third kappa shape index (κ3) is 11.0. The Labute approximate surface area is 167 Å². The summed E-state index contributed by atoms with van der Waals surface area (Å²) >= 11 is 0. The molecule has 0 bridgehead atoms. The van der Waals surface area contributed by atoms with Gasteiger partial charge in [0.1, 0.15) is 6.04 Å². The molecule has 0 saturated carbocycles. The predicted octanol–water partition coefficient (Wildman–Crippen LogP) is -3.53. The highest BCUT2D eigenvalue weighted by Gasteiger charge is 2.29. The van der Waals surface area contributed by atoms with Crippen LogP contribution in [0.15, 0.2) is 0 Å². The maximum atomic E-state index is 12.4. The fraction of sp³-hybridized carbons (Fsp3) is 0.688. The molecule has 4 unspecified atom stereocenters. The number of nitrogens with one attached hydrogen (secondary N) is 3. The SMILES string of the molecule is CC(O)C(NC(=O)C(CCCCN)NC(=O)CNC(=O)C(N)CC(=O)O)C(=O)O. The molecule has 3 amide bonds. The summed E-state index contributed by atoms with van der Waals surface area (Å²) in [5, 5.41) is 33.8. The van der Waals surface area contributed by atoms with Gasteiger partial charge in [-0.15, -0.1) is 0 Å². The molecular weight excluding hydrogens is 390 g/mol.